The van der Waals surface area contributed by atoms with Crippen molar-refractivity contribution in [3.8, 4) is 0 Å². The highest BCUT2D eigenvalue weighted by atomic mass is 32.2. The van der Waals surface area contributed by atoms with E-state index in [2.05, 4.69) is 9.62 Å². The lowest BCUT2D eigenvalue weighted by atomic mass is 9.99. The second-order valence-corrected chi connectivity index (χ2v) is 7.50. The first kappa shape index (κ1) is 15.2. The number of likely N-dealkylation sites (N-methyl/N-ethyl adjacent to an activating group) is 1. The monoisotopic (exact) mass is 290 g/mol. The Morgan fingerprint density at radius 1 is 1.21 bits per heavy atom. The zero-order valence-corrected chi connectivity index (χ0v) is 12.5. The van der Waals surface area contributed by atoms with Crippen molar-refractivity contribution in [1.82, 2.24) is 13.9 Å². The molecule has 0 bridgehead atoms. The molecule has 2 fully saturated rings. The molecule has 3 N–H and O–H groups in total. The number of rotatable bonds is 4. The minimum atomic E-state index is -3.32. The zero-order chi connectivity index (χ0) is 13.9. The van der Waals surface area contributed by atoms with E-state index in [-0.39, 0.29) is 6.04 Å². The Labute approximate surface area is 116 Å². The van der Waals surface area contributed by atoms with Gasteiger partial charge in [0.2, 0.25) is 0 Å². The van der Waals surface area contributed by atoms with Crippen molar-refractivity contribution in [3.05, 3.63) is 0 Å². The van der Waals surface area contributed by atoms with Gasteiger partial charge in [0.1, 0.15) is 0 Å². The second-order valence-electron chi connectivity index (χ2n) is 5.80. The van der Waals surface area contributed by atoms with Crippen molar-refractivity contribution in [2.75, 3.05) is 39.8 Å². The number of piperidine rings is 2. The molecule has 2 aliphatic rings. The van der Waals surface area contributed by atoms with E-state index in [4.69, 9.17) is 5.73 Å². The van der Waals surface area contributed by atoms with Crippen LogP contribution in [0, 0.1) is 5.92 Å². The van der Waals surface area contributed by atoms with Gasteiger partial charge in [-0.3, -0.25) is 0 Å². The van der Waals surface area contributed by atoms with Crippen molar-refractivity contribution >= 4 is 10.2 Å². The van der Waals surface area contributed by atoms with Gasteiger partial charge in [0.15, 0.2) is 0 Å². The van der Waals surface area contributed by atoms with Crippen molar-refractivity contribution in [2.45, 2.75) is 31.7 Å². The van der Waals surface area contributed by atoms with Crippen LogP contribution in [0.5, 0.6) is 0 Å². The number of hydrogen-bond donors (Lipinski definition) is 2. The molecule has 19 heavy (non-hydrogen) atoms. The molecule has 2 rings (SSSR count). The highest BCUT2D eigenvalue weighted by Crippen LogP contribution is 2.19. The maximum absolute atomic E-state index is 12.3. The molecule has 7 heteroatoms. The lowest BCUT2D eigenvalue weighted by Gasteiger charge is -2.34. The van der Waals surface area contributed by atoms with Gasteiger partial charge in [-0.05, 0) is 51.7 Å². The molecule has 2 aliphatic heterocycles. The second kappa shape index (κ2) is 6.49. The quantitative estimate of drug-likeness (QED) is 0.737. The summed E-state index contributed by atoms with van der Waals surface area (Å²) in [4.78, 5) is 2.18. The minimum absolute atomic E-state index is 0.0518. The van der Waals surface area contributed by atoms with Crippen LogP contribution in [0.4, 0.5) is 0 Å². The largest absolute Gasteiger partial charge is 0.330 e. The fourth-order valence-electron chi connectivity index (χ4n) is 2.93. The summed E-state index contributed by atoms with van der Waals surface area (Å²) in [5, 5.41) is 0. The maximum atomic E-state index is 12.3. The SMILES string of the molecule is CN1CCCC(NS(=O)(=O)N2CCC(CN)CC2)C1. The Morgan fingerprint density at radius 2 is 1.89 bits per heavy atom. The summed E-state index contributed by atoms with van der Waals surface area (Å²) in [6, 6.07) is 0.0518. The van der Waals surface area contributed by atoms with Gasteiger partial charge in [-0.15, -0.1) is 0 Å². The highest BCUT2D eigenvalue weighted by molar-refractivity contribution is 7.87. The van der Waals surface area contributed by atoms with Gasteiger partial charge in [-0.1, -0.05) is 0 Å². The summed E-state index contributed by atoms with van der Waals surface area (Å²) < 4.78 is 29.1. The fourth-order valence-corrected chi connectivity index (χ4v) is 4.39. The summed E-state index contributed by atoms with van der Waals surface area (Å²) in [6.45, 7) is 3.72. The van der Waals surface area contributed by atoms with Crippen LogP contribution in [-0.4, -0.2) is 63.4 Å². The lowest BCUT2D eigenvalue weighted by Crippen LogP contribution is -2.52. The van der Waals surface area contributed by atoms with Crippen LogP contribution in [0.1, 0.15) is 25.7 Å². The predicted molar refractivity (Wildman–Crippen MR) is 75.9 cm³/mol. The molecule has 0 saturated carbocycles. The van der Waals surface area contributed by atoms with Gasteiger partial charge in [0.25, 0.3) is 10.2 Å². The molecule has 0 aromatic carbocycles. The van der Waals surface area contributed by atoms with Gasteiger partial charge in [-0.2, -0.15) is 17.4 Å². The average Bonchev–Trinajstić information content (AvgIpc) is 2.38. The van der Waals surface area contributed by atoms with Crippen LogP contribution in [0.25, 0.3) is 0 Å². The molecule has 2 heterocycles. The van der Waals surface area contributed by atoms with Crippen LogP contribution in [0.15, 0.2) is 0 Å². The summed E-state index contributed by atoms with van der Waals surface area (Å²) >= 11 is 0. The van der Waals surface area contributed by atoms with Crippen LogP contribution in [0.3, 0.4) is 0 Å². The van der Waals surface area contributed by atoms with E-state index in [1.165, 1.54) is 0 Å². The number of likely N-dealkylation sites (tertiary alicyclic amines) is 1. The van der Waals surface area contributed by atoms with Crippen LogP contribution >= 0.6 is 0 Å². The van der Waals surface area contributed by atoms with Gasteiger partial charge in [0, 0.05) is 25.7 Å². The topological polar surface area (TPSA) is 78.7 Å². The maximum Gasteiger partial charge on any atom is 0.279 e. The van der Waals surface area contributed by atoms with E-state index in [0.717, 1.165) is 38.8 Å². The van der Waals surface area contributed by atoms with E-state index in [0.29, 0.717) is 25.6 Å². The first-order chi connectivity index (χ1) is 9.01. The third-order valence-electron chi connectivity index (χ3n) is 4.19. The molecule has 0 radical (unpaired) electrons. The molecular weight excluding hydrogens is 264 g/mol. The van der Waals surface area contributed by atoms with E-state index >= 15 is 0 Å². The third kappa shape index (κ3) is 4.13. The first-order valence-electron chi connectivity index (χ1n) is 7.17. The smallest absolute Gasteiger partial charge is 0.279 e. The molecule has 6 nitrogen and oxygen atoms in total. The molecule has 2 saturated heterocycles. The predicted octanol–water partition coefficient (Wildman–Crippen LogP) is -0.414. The van der Waals surface area contributed by atoms with Gasteiger partial charge in [0.05, 0.1) is 0 Å². The van der Waals surface area contributed by atoms with Crippen molar-refractivity contribution in [3.63, 3.8) is 0 Å². The summed E-state index contributed by atoms with van der Waals surface area (Å²) in [6.07, 6.45) is 3.74. The molecule has 112 valence electrons. The fraction of sp³-hybridized carbons (Fsp3) is 1.00. The standard InChI is InChI=1S/C12H26N4O2S/c1-15-6-2-3-12(10-15)14-19(17,18)16-7-4-11(9-13)5-8-16/h11-12,14H,2-10,13H2,1H3. The summed E-state index contributed by atoms with van der Waals surface area (Å²) in [5.74, 6) is 0.479. The van der Waals surface area contributed by atoms with Gasteiger partial charge >= 0.3 is 0 Å². The lowest BCUT2D eigenvalue weighted by molar-refractivity contribution is 0.234. The normalized spacial score (nSPS) is 28.6. The van der Waals surface area contributed by atoms with Crippen molar-refractivity contribution < 1.29 is 8.42 Å². The van der Waals surface area contributed by atoms with Crippen molar-refractivity contribution in [2.24, 2.45) is 11.7 Å². The molecule has 0 amide bonds. The van der Waals surface area contributed by atoms with Crippen molar-refractivity contribution in [1.29, 1.82) is 0 Å². The zero-order valence-electron chi connectivity index (χ0n) is 11.7. The summed E-state index contributed by atoms with van der Waals surface area (Å²) in [5.41, 5.74) is 5.63. The molecular formula is C12H26N4O2S. The third-order valence-corrected chi connectivity index (χ3v) is 5.86. The number of hydrogen-bond acceptors (Lipinski definition) is 4. The Morgan fingerprint density at radius 3 is 2.47 bits per heavy atom. The average molecular weight is 290 g/mol. The van der Waals surface area contributed by atoms with Crippen LogP contribution in [0.2, 0.25) is 0 Å². The molecule has 0 aliphatic carbocycles. The van der Waals surface area contributed by atoms with E-state index < -0.39 is 10.2 Å². The molecule has 0 spiro atoms. The minimum Gasteiger partial charge on any atom is -0.330 e. The summed E-state index contributed by atoms with van der Waals surface area (Å²) in [7, 11) is -1.29. The Kier molecular flexibility index (Phi) is 5.19. The van der Waals surface area contributed by atoms with Gasteiger partial charge in [-0.25, -0.2) is 0 Å². The Balaban J connectivity index is 1.88. The Hall–Kier alpha value is -0.210. The molecule has 1 atom stereocenters. The highest BCUT2D eigenvalue weighted by Gasteiger charge is 2.30. The van der Waals surface area contributed by atoms with E-state index in [9.17, 15) is 8.42 Å². The van der Waals surface area contributed by atoms with Gasteiger partial charge < -0.3 is 10.6 Å². The van der Waals surface area contributed by atoms with E-state index in [1.807, 2.05) is 7.05 Å². The molecule has 1 unspecified atom stereocenters. The van der Waals surface area contributed by atoms with E-state index in [1.54, 1.807) is 4.31 Å². The molecule has 0 aromatic rings. The molecule has 0 aromatic heterocycles. The van der Waals surface area contributed by atoms with Crippen LogP contribution in [-0.2, 0) is 10.2 Å². The first-order valence-corrected chi connectivity index (χ1v) is 8.61. The Bertz CT molecular complexity index is 379. The number of nitrogens with two attached hydrogens (primary N) is 1. The van der Waals surface area contributed by atoms with Crippen LogP contribution < -0.4 is 10.5 Å². The number of nitrogens with zero attached hydrogens (tertiary/aromatic N) is 2. The number of nitrogens with one attached hydrogen (secondary N) is 1.